The average Bonchev–Trinajstić information content (AvgIpc) is 2.83. The number of hydrogen-bond donors (Lipinski definition) is 1. The summed E-state index contributed by atoms with van der Waals surface area (Å²) in [5.41, 5.74) is 8.96. The van der Waals surface area contributed by atoms with Gasteiger partial charge in [0.05, 0.1) is 18.0 Å². The van der Waals surface area contributed by atoms with E-state index in [0.717, 1.165) is 16.6 Å². The molecular formula is C18H22N2O3. The molecule has 0 saturated carbocycles. The van der Waals surface area contributed by atoms with Crippen molar-refractivity contribution < 1.29 is 13.9 Å². The fourth-order valence-corrected chi connectivity index (χ4v) is 2.52. The summed E-state index contributed by atoms with van der Waals surface area (Å²) in [4.78, 5) is 14.0. The van der Waals surface area contributed by atoms with Gasteiger partial charge in [-0.1, -0.05) is 12.2 Å². The number of benzene rings is 1. The van der Waals surface area contributed by atoms with Gasteiger partial charge in [-0.25, -0.2) is 4.79 Å². The van der Waals surface area contributed by atoms with Gasteiger partial charge < -0.3 is 19.8 Å². The van der Waals surface area contributed by atoms with Crippen LogP contribution in [0, 0.1) is 6.92 Å². The van der Waals surface area contributed by atoms with Crippen LogP contribution in [0.25, 0.3) is 11.0 Å². The molecule has 23 heavy (non-hydrogen) atoms. The first-order valence-electron chi connectivity index (χ1n) is 7.49. The van der Waals surface area contributed by atoms with Gasteiger partial charge in [-0.2, -0.15) is 0 Å². The van der Waals surface area contributed by atoms with Crippen LogP contribution >= 0.6 is 0 Å². The lowest BCUT2D eigenvalue weighted by atomic mass is 10.1. The van der Waals surface area contributed by atoms with Gasteiger partial charge in [0.1, 0.15) is 5.58 Å². The summed E-state index contributed by atoms with van der Waals surface area (Å²) in [7, 11) is 0. The molecular weight excluding hydrogens is 292 g/mol. The van der Waals surface area contributed by atoms with Crippen molar-refractivity contribution in [1.29, 1.82) is 0 Å². The van der Waals surface area contributed by atoms with E-state index in [1.165, 1.54) is 0 Å². The Morgan fingerprint density at radius 3 is 2.57 bits per heavy atom. The second-order valence-electron chi connectivity index (χ2n) is 5.17. The van der Waals surface area contributed by atoms with Gasteiger partial charge in [0.25, 0.3) is 0 Å². The standard InChI is InChI=1S/C18H22N2O3/c1-5-8-20(9-6-2)15-11-16-13(10-14(15)19)12(4)17(23-16)18(21)22-7-3/h5-6,10-11H,1-2,7-9,19H2,3-4H3. The van der Waals surface area contributed by atoms with Crippen molar-refractivity contribution in [3.63, 3.8) is 0 Å². The summed E-state index contributed by atoms with van der Waals surface area (Å²) in [6, 6.07) is 3.67. The van der Waals surface area contributed by atoms with Gasteiger partial charge in [-0.05, 0) is 19.9 Å². The third kappa shape index (κ3) is 3.23. The number of hydrogen-bond acceptors (Lipinski definition) is 5. The number of carbonyl (C=O) groups is 1. The Balaban J connectivity index is 2.54. The molecule has 0 bridgehead atoms. The number of furan rings is 1. The van der Waals surface area contributed by atoms with Gasteiger partial charge in [-0.15, -0.1) is 13.2 Å². The molecule has 0 spiro atoms. The molecule has 0 atom stereocenters. The number of ether oxygens (including phenoxy) is 1. The Kier molecular flexibility index (Phi) is 5.11. The maximum absolute atomic E-state index is 12.0. The van der Waals surface area contributed by atoms with Crippen LogP contribution in [0.5, 0.6) is 0 Å². The predicted octanol–water partition coefficient (Wildman–Crippen LogP) is 3.68. The zero-order chi connectivity index (χ0) is 17.0. The maximum atomic E-state index is 12.0. The maximum Gasteiger partial charge on any atom is 0.374 e. The largest absolute Gasteiger partial charge is 0.460 e. The molecule has 2 aromatic rings. The number of aryl methyl sites for hydroxylation is 1. The number of rotatable bonds is 7. The summed E-state index contributed by atoms with van der Waals surface area (Å²) in [5.74, 6) is -0.243. The zero-order valence-electron chi connectivity index (χ0n) is 13.6. The van der Waals surface area contributed by atoms with Gasteiger partial charge in [0.2, 0.25) is 5.76 Å². The van der Waals surface area contributed by atoms with Crippen LogP contribution in [-0.4, -0.2) is 25.7 Å². The van der Waals surface area contributed by atoms with Crippen LogP contribution in [0.2, 0.25) is 0 Å². The van der Waals surface area contributed by atoms with E-state index in [1.54, 1.807) is 19.1 Å². The van der Waals surface area contributed by atoms with E-state index >= 15 is 0 Å². The molecule has 0 aliphatic heterocycles. The van der Waals surface area contributed by atoms with E-state index in [9.17, 15) is 4.79 Å². The van der Waals surface area contributed by atoms with Crippen LogP contribution < -0.4 is 10.6 Å². The van der Waals surface area contributed by atoms with Crippen LogP contribution in [0.1, 0.15) is 23.0 Å². The summed E-state index contributed by atoms with van der Waals surface area (Å²) >= 11 is 0. The number of nitrogens with zero attached hydrogens (tertiary/aromatic N) is 1. The molecule has 0 saturated heterocycles. The first kappa shape index (κ1) is 16.7. The lowest BCUT2D eigenvalue weighted by molar-refractivity contribution is 0.0491. The van der Waals surface area contributed by atoms with Gasteiger partial charge in [-0.3, -0.25) is 0 Å². The Hall–Kier alpha value is -2.69. The predicted molar refractivity (Wildman–Crippen MR) is 93.9 cm³/mol. The minimum absolute atomic E-state index is 0.220. The number of esters is 1. The molecule has 0 fully saturated rings. The quantitative estimate of drug-likeness (QED) is 0.479. The van der Waals surface area contributed by atoms with E-state index in [-0.39, 0.29) is 5.76 Å². The second kappa shape index (κ2) is 7.05. The topological polar surface area (TPSA) is 68.7 Å². The van der Waals surface area contributed by atoms with E-state index < -0.39 is 5.97 Å². The van der Waals surface area contributed by atoms with E-state index in [0.29, 0.717) is 31.0 Å². The van der Waals surface area contributed by atoms with E-state index in [1.807, 2.05) is 24.0 Å². The Morgan fingerprint density at radius 2 is 2.00 bits per heavy atom. The lowest BCUT2D eigenvalue weighted by Gasteiger charge is -2.23. The molecule has 0 amide bonds. The highest BCUT2D eigenvalue weighted by Gasteiger charge is 2.20. The SMILES string of the molecule is C=CCN(CC=C)c1cc2oc(C(=O)OCC)c(C)c2cc1N. The van der Waals surface area contributed by atoms with Gasteiger partial charge >= 0.3 is 5.97 Å². The number of fused-ring (bicyclic) bond motifs is 1. The first-order valence-corrected chi connectivity index (χ1v) is 7.49. The Morgan fingerprint density at radius 1 is 1.35 bits per heavy atom. The van der Waals surface area contributed by atoms with Crippen molar-refractivity contribution in [1.82, 2.24) is 0 Å². The molecule has 1 aromatic heterocycles. The summed E-state index contributed by atoms with van der Waals surface area (Å²) in [6.07, 6.45) is 3.59. The van der Waals surface area contributed by atoms with Crippen LogP contribution in [0.15, 0.2) is 41.9 Å². The van der Waals surface area contributed by atoms with Crippen molar-refractivity contribution in [2.45, 2.75) is 13.8 Å². The van der Waals surface area contributed by atoms with Crippen molar-refractivity contribution in [3.05, 3.63) is 48.8 Å². The minimum Gasteiger partial charge on any atom is -0.460 e. The van der Waals surface area contributed by atoms with Crippen molar-refractivity contribution in [2.24, 2.45) is 0 Å². The molecule has 5 heteroatoms. The molecule has 122 valence electrons. The fourth-order valence-electron chi connectivity index (χ4n) is 2.52. The molecule has 2 N–H and O–H groups in total. The monoisotopic (exact) mass is 314 g/mol. The third-order valence-corrected chi connectivity index (χ3v) is 3.59. The second-order valence-corrected chi connectivity index (χ2v) is 5.17. The molecule has 0 unspecified atom stereocenters. The molecule has 2 rings (SSSR count). The molecule has 5 nitrogen and oxygen atoms in total. The Labute approximate surface area is 136 Å². The smallest absolute Gasteiger partial charge is 0.374 e. The van der Waals surface area contributed by atoms with E-state index in [4.69, 9.17) is 14.9 Å². The fraction of sp³-hybridized carbons (Fsp3) is 0.278. The van der Waals surface area contributed by atoms with Crippen molar-refractivity contribution in [3.8, 4) is 0 Å². The van der Waals surface area contributed by atoms with Crippen LogP contribution in [0.4, 0.5) is 11.4 Å². The third-order valence-electron chi connectivity index (χ3n) is 3.59. The van der Waals surface area contributed by atoms with Gasteiger partial charge in [0.15, 0.2) is 0 Å². The van der Waals surface area contributed by atoms with Crippen LogP contribution in [-0.2, 0) is 4.74 Å². The molecule has 0 radical (unpaired) electrons. The lowest BCUT2D eigenvalue weighted by Crippen LogP contribution is -2.24. The van der Waals surface area contributed by atoms with Crippen molar-refractivity contribution >= 4 is 28.3 Å². The molecule has 1 heterocycles. The molecule has 0 aliphatic carbocycles. The first-order chi connectivity index (χ1) is 11.0. The summed E-state index contributed by atoms with van der Waals surface area (Å²) < 4.78 is 10.7. The summed E-state index contributed by atoms with van der Waals surface area (Å²) in [6.45, 7) is 12.7. The highest BCUT2D eigenvalue weighted by atomic mass is 16.5. The average molecular weight is 314 g/mol. The number of carbonyl (C=O) groups excluding carboxylic acids is 1. The number of anilines is 2. The molecule has 0 aliphatic rings. The minimum atomic E-state index is -0.463. The Bertz CT molecular complexity index is 736. The van der Waals surface area contributed by atoms with Crippen molar-refractivity contribution in [2.75, 3.05) is 30.3 Å². The highest BCUT2D eigenvalue weighted by Crippen LogP contribution is 2.34. The zero-order valence-corrected chi connectivity index (χ0v) is 13.6. The van der Waals surface area contributed by atoms with Gasteiger partial charge in [0, 0.05) is 30.1 Å². The normalized spacial score (nSPS) is 10.5. The number of nitrogens with two attached hydrogens (primary N) is 1. The molecule has 1 aromatic carbocycles. The number of nitrogen functional groups attached to an aromatic ring is 1. The highest BCUT2D eigenvalue weighted by molar-refractivity contribution is 5.98. The summed E-state index contributed by atoms with van der Waals surface area (Å²) in [5, 5.41) is 0.812. The van der Waals surface area contributed by atoms with Crippen LogP contribution in [0.3, 0.4) is 0 Å². The van der Waals surface area contributed by atoms with E-state index in [2.05, 4.69) is 13.2 Å².